The van der Waals surface area contributed by atoms with Crippen molar-refractivity contribution in [3.8, 4) is 17.2 Å². The van der Waals surface area contributed by atoms with Crippen molar-refractivity contribution in [2.45, 2.75) is 27.2 Å². The van der Waals surface area contributed by atoms with Gasteiger partial charge in [0.2, 0.25) is 11.8 Å². The number of nitriles is 1. The summed E-state index contributed by atoms with van der Waals surface area (Å²) in [6.45, 7) is 5.05. The average Bonchev–Trinajstić information content (AvgIpc) is 3.35. The van der Waals surface area contributed by atoms with Crippen molar-refractivity contribution in [2.24, 2.45) is 0 Å². The zero-order valence-electron chi connectivity index (χ0n) is 22.2. The van der Waals surface area contributed by atoms with E-state index in [0.29, 0.717) is 22.3 Å². The summed E-state index contributed by atoms with van der Waals surface area (Å²) in [5.41, 5.74) is 3.32. The molecule has 0 radical (unpaired) electrons. The van der Waals surface area contributed by atoms with Gasteiger partial charge < -0.3 is 25.2 Å². The van der Waals surface area contributed by atoms with Crippen molar-refractivity contribution in [1.82, 2.24) is 5.16 Å². The molecule has 0 aliphatic heterocycles. The molecule has 11 nitrogen and oxygen atoms in total. The molecule has 0 aliphatic carbocycles. The Balaban J connectivity index is 1.79. The highest BCUT2D eigenvalue weighted by molar-refractivity contribution is 6.14. The number of amides is 3. The van der Waals surface area contributed by atoms with Gasteiger partial charge in [0.05, 0.1) is 28.3 Å². The summed E-state index contributed by atoms with van der Waals surface area (Å²) in [6, 6.07) is 14.4. The van der Waals surface area contributed by atoms with E-state index in [2.05, 4.69) is 15.8 Å². The SMILES string of the molecule is CCC(=O)Nc1cc2c(C(=O)Nc3ccc(C#N)cc3C(=O)O)noc2cc1-c1ccc(N(C)C(C)=O)cc1C. The Bertz CT molecular complexity index is 1730. The van der Waals surface area contributed by atoms with Gasteiger partial charge in [-0.05, 0) is 60.5 Å². The van der Waals surface area contributed by atoms with Crippen molar-refractivity contribution in [3.63, 3.8) is 0 Å². The minimum atomic E-state index is -1.32. The van der Waals surface area contributed by atoms with Crippen LogP contribution < -0.4 is 15.5 Å². The Morgan fingerprint density at radius 2 is 1.77 bits per heavy atom. The van der Waals surface area contributed by atoms with Crippen molar-refractivity contribution in [3.05, 3.63) is 70.9 Å². The van der Waals surface area contributed by atoms with Crippen LogP contribution in [0.25, 0.3) is 22.1 Å². The maximum absolute atomic E-state index is 13.2. The van der Waals surface area contributed by atoms with Gasteiger partial charge in [0.1, 0.15) is 0 Å². The van der Waals surface area contributed by atoms with E-state index >= 15 is 0 Å². The largest absolute Gasteiger partial charge is 0.478 e. The fraction of sp³-hybridized carbons (Fsp3) is 0.172. The maximum Gasteiger partial charge on any atom is 0.337 e. The van der Waals surface area contributed by atoms with Gasteiger partial charge in [-0.1, -0.05) is 18.1 Å². The molecule has 4 rings (SSSR count). The predicted octanol–water partition coefficient (Wildman–Crippen LogP) is 4.96. The minimum absolute atomic E-state index is 0.0185. The molecular formula is C29H25N5O6. The number of hydrogen-bond acceptors (Lipinski definition) is 7. The molecule has 0 atom stereocenters. The van der Waals surface area contributed by atoms with Gasteiger partial charge in [-0.2, -0.15) is 5.26 Å². The van der Waals surface area contributed by atoms with Crippen LogP contribution in [0.5, 0.6) is 0 Å². The highest BCUT2D eigenvalue weighted by Gasteiger charge is 2.22. The molecule has 0 saturated heterocycles. The van der Waals surface area contributed by atoms with Gasteiger partial charge in [0.25, 0.3) is 5.91 Å². The minimum Gasteiger partial charge on any atom is -0.478 e. The second-order valence-corrected chi connectivity index (χ2v) is 9.04. The van der Waals surface area contributed by atoms with Crippen molar-refractivity contribution >= 4 is 51.7 Å². The number of carboxylic acid groups (broad SMARTS) is 1. The van der Waals surface area contributed by atoms with Crippen LogP contribution in [-0.4, -0.2) is 41.0 Å². The number of nitrogens with one attached hydrogen (secondary N) is 2. The lowest BCUT2D eigenvalue weighted by Crippen LogP contribution is -2.22. The molecule has 0 fully saturated rings. The van der Waals surface area contributed by atoms with Crippen LogP contribution in [0.4, 0.5) is 17.1 Å². The Labute approximate surface area is 229 Å². The number of carbonyl (C=O) groups is 4. The van der Waals surface area contributed by atoms with Gasteiger partial charge in [-0.15, -0.1) is 0 Å². The number of carbonyl (C=O) groups excluding carboxylic acids is 3. The van der Waals surface area contributed by atoms with E-state index in [0.717, 1.165) is 17.2 Å². The monoisotopic (exact) mass is 539 g/mol. The lowest BCUT2D eigenvalue weighted by Gasteiger charge is -2.18. The summed E-state index contributed by atoms with van der Waals surface area (Å²) in [6.07, 6.45) is 0.215. The summed E-state index contributed by atoms with van der Waals surface area (Å²) in [5.74, 6) is -2.42. The summed E-state index contributed by atoms with van der Waals surface area (Å²) in [5, 5.41) is 28.2. The first-order valence-corrected chi connectivity index (χ1v) is 12.2. The van der Waals surface area contributed by atoms with Crippen LogP contribution >= 0.6 is 0 Å². The first-order valence-electron chi connectivity index (χ1n) is 12.2. The van der Waals surface area contributed by atoms with Crippen LogP contribution in [-0.2, 0) is 9.59 Å². The quantitative estimate of drug-likeness (QED) is 0.296. The van der Waals surface area contributed by atoms with Crippen LogP contribution in [0.15, 0.2) is 53.1 Å². The van der Waals surface area contributed by atoms with Crippen LogP contribution in [0.1, 0.15) is 52.2 Å². The number of nitrogens with zero attached hydrogens (tertiary/aromatic N) is 3. The number of carboxylic acids is 1. The number of benzene rings is 3. The smallest absolute Gasteiger partial charge is 0.337 e. The number of aromatic carboxylic acids is 1. The zero-order chi connectivity index (χ0) is 29.1. The summed E-state index contributed by atoms with van der Waals surface area (Å²) in [4.78, 5) is 50.6. The molecular weight excluding hydrogens is 514 g/mol. The lowest BCUT2D eigenvalue weighted by atomic mass is 9.96. The van der Waals surface area contributed by atoms with E-state index in [9.17, 15) is 24.3 Å². The van der Waals surface area contributed by atoms with Crippen molar-refractivity contribution in [1.29, 1.82) is 5.26 Å². The topological polar surface area (TPSA) is 166 Å². The molecule has 4 aromatic rings. The lowest BCUT2D eigenvalue weighted by molar-refractivity contribution is -0.116. The van der Waals surface area contributed by atoms with E-state index in [1.54, 1.807) is 32.2 Å². The third-order valence-electron chi connectivity index (χ3n) is 6.41. The van der Waals surface area contributed by atoms with E-state index in [1.165, 1.54) is 24.0 Å². The second-order valence-electron chi connectivity index (χ2n) is 9.04. The molecule has 3 N–H and O–H groups in total. The molecule has 11 heteroatoms. The fourth-order valence-corrected chi connectivity index (χ4v) is 4.13. The molecule has 0 spiro atoms. The Morgan fingerprint density at radius 1 is 1.02 bits per heavy atom. The zero-order valence-corrected chi connectivity index (χ0v) is 22.2. The molecule has 40 heavy (non-hydrogen) atoms. The second kappa shape index (κ2) is 11.1. The Morgan fingerprint density at radius 3 is 2.40 bits per heavy atom. The Hall–Kier alpha value is -5.50. The number of hydrogen-bond donors (Lipinski definition) is 3. The van der Waals surface area contributed by atoms with Crippen LogP contribution in [0.2, 0.25) is 0 Å². The highest BCUT2D eigenvalue weighted by Crippen LogP contribution is 2.37. The first-order chi connectivity index (χ1) is 19.0. The molecule has 0 aliphatic rings. The third kappa shape index (κ3) is 5.37. The van der Waals surface area contributed by atoms with E-state index in [4.69, 9.17) is 9.78 Å². The maximum atomic E-state index is 13.2. The highest BCUT2D eigenvalue weighted by atomic mass is 16.5. The summed E-state index contributed by atoms with van der Waals surface area (Å²) >= 11 is 0. The number of anilines is 3. The standard InChI is InChI=1S/C29H25N5O6/c1-5-26(36)31-24-12-22-25(13-20(24)19-8-7-18(10-15(19)2)34(4)16(3)35)40-33-27(22)28(37)32-23-9-6-17(14-30)11-21(23)29(38)39/h6-13H,5H2,1-4H3,(H,31,36)(H,32,37)(H,38,39). The summed E-state index contributed by atoms with van der Waals surface area (Å²) < 4.78 is 5.47. The molecule has 3 amide bonds. The van der Waals surface area contributed by atoms with E-state index < -0.39 is 11.9 Å². The van der Waals surface area contributed by atoms with Gasteiger partial charge in [0, 0.05) is 37.3 Å². The number of rotatable bonds is 7. The summed E-state index contributed by atoms with van der Waals surface area (Å²) in [7, 11) is 1.67. The molecule has 0 unspecified atom stereocenters. The number of fused-ring (bicyclic) bond motifs is 1. The molecule has 202 valence electrons. The van der Waals surface area contributed by atoms with Crippen LogP contribution in [0, 0.1) is 18.3 Å². The molecule has 1 heterocycles. The van der Waals surface area contributed by atoms with E-state index in [1.807, 2.05) is 25.1 Å². The number of aromatic nitrogens is 1. The van der Waals surface area contributed by atoms with Crippen molar-refractivity contribution < 1.29 is 28.8 Å². The van der Waals surface area contributed by atoms with Crippen molar-refractivity contribution in [2.75, 3.05) is 22.6 Å². The molecule has 3 aromatic carbocycles. The average molecular weight is 540 g/mol. The Kier molecular flexibility index (Phi) is 7.63. The molecule has 1 aromatic heterocycles. The van der Waals surface area contributed by atoms with Gasteiger partial charge in [0.15, 0.2) is 11.3 Å². The van der Waals surface area contributed by atoms with Gasteiger partial charge in [-0.3, -0.25) is 14.4 Å². The fourth-order valence-electron chi connectivity index (χ4n) is 4.13. The van der Waals surface area contributed by atoms with Gasteiger partial charge in [-0.25, -0.2) is 4.79 Å². The molecule has 0 saturated carbocycles. The van der Waals surface area contributed by atoms with Crippen LogP contribution in [0.3, 0.4) is 0 Å². The molecule has 0 bridgehead atoms. The predicted molar refractivity (Wildman–Crippen MR) is 148 cm³/mol. The first kappa shape index (κ1) is 27.5. The number of aryl methyl sites for hydroxylation is 1. The van der Waals surface area contributed by atoms with Gasteiger partial charge >= 0.3 is 5.97 Å². The normalized spacial score (nSPS) is 10.6. The third-order valence-corrected chi connectivity index (χ3v) is 6.41. The van der Waals surface area contributed by atoms with E-state index in [-0.39, 0.29) is 46.3 Å².